The van der Waals surface area contributed by atoms with E-state index in [9.17, 15) is 4.79 Å². The standard InChI is InChI=1S/C9H14O3/c1-3-11-7-5-9(10)6-8-12-4-2/h5-8H,3-4H2,1-2H3/b7-5+,8-6+. The zero-order valence-electron chi connectivity index (χ0n) is 7.45. The molecule has 0 rings (SSSR count). The van der Waals surface area contributed by atoms with Crippen LogP contribution >= 0.6 is 0 Å². The van der Waals surface area contributed by atoms with Gasteiger partial charge in [-0.05, 0) is 13.8 Å². The fraction of sp³-hybridized carbons (Fsp3) is 0.444. The monoisotopic (exact) mass is 170 g/mol. The molecule has 0 unspecified atom stereocenters. The topological polar surface area (TPSA) is 35.5 Å². The zero-order valence-corrected chi connectivity index (χ0v) is 7.45. The average Bonchev–Trinajstić information content (AvgIpc) is 2.06. The van der Waals surface area contributed by atoms with Gasteiger partial charge in [0.05, 0.1) is 25.7 Å². The van der Waals surface area contributed by atoms with E-state index in [1.807, 2.05) is 13.8 Å². The molecule has 0 saturated carbocycles. The third-order valence-electron chi connectivity index (χ3n) is 0.990. The van der Waals surface area contributed by atoms with Crippen LogP contribution in [0.4, 0.5) is 0 Å². The molecule has 0 radical (unpaired) electrons. The van der Waals surface area contributed by atoms with Crippen molar-refractivity contribution in [1.82, 2.24) is 0 Å². The molecule has 0 aromatic rings. The lowest BCUT2D eigenvalue weighted by molar-refractivity contribution is -0.110. The van der Waals surface area contributed by atoms with E-state index in [2.05, 4.69) is 0 Å². The number of ether oxygens (including phenoxy) is 2. The highest BCUT2D eigenvalue weighted by Gasteiger charge is 1.86. The molecule has 0 N–H and O–H groups in total. The lowest BCUT2D eigenvalue weighted by atomic mass is 10.4. The molecular weight excluding hydrogens is 156 g/mol. The van der Waals surface area contributed by atoms with Gasteiger partial charge < -0.3 is 9.47 Å². The van der Waals surface area contributed by atoms with Gasteiger partial charge in [0.15, 0.2) is 5.78 Å². The van der Waals surface area contributed by atoms with Gasteiger partial charge in [-0.25, -0.2) is 0 Å². The Morgan fingerprint density at radius 3 is 1.83 bits per heavy atom. The Balaban J connectivity index is 3.58. The van der Waals surface area contributed by atoms with Crippen molar-refractivity contribution >= 4 is 5.78 Å². The summed E-state index contributed by atoms with van der Waals surface area (Å²) in [5.74, 6) is -0.142. The quantitative estimate of drug-likeness (QED) is 0.449. The average molecular weight is 170 g/mol. The minimum Gasteiger partial charge on any atom is -0.501 e. The van der Waals surface area contributed by atoms with Gasteiger partial charge in [0, 0.05) is 12.2 Å². The molecule has 12 heavy (non-hydrogen) atoms. The van der Waals surface area contributed by atoms with Gasteiger partial charge >= 0.3 is 0 Å². The second-order valence-corrected chi connectivity index (χ2v) is 1.92. The Hall–Kier alpha value is -1.25. The third kappa shape index (κ3) is 6.86. The van der Waals surface area contributed by atoms with Gasteiger partial charge in [-0.1, -0.05) is 0 Å². The van der Waals surface area contributed by atoms with E-state index in [0.29, 0.717) is 13.2 Å². The summed E-state index contributed by atoms with van der Waals surface area (Å²) < 4.78 is 9.67. The van der Waals surface area contributed by atoms with Crippen LogP contribution in [-0.4, -0.2) is 19.0 Å². The Bertz CT molecular complexity index is 153. The highest BCUT2D eigenvalue weighted by atomic mass is 16.5. The predicted octanol–water partition coefficient (Wildman–Crippen LogP) is 1.66. The summed E-state index contributed by atoms with van der Waals surface area (Å²) in [6.07, 6.45) is 5.44. The molecule has 0 aromatic heterocycles. The molecule has 0 fully saturated rings. The Labute approximate surface area is 72.7 Å². The molecule has 3 nitrogen and oxygen atoms in total. The predicted molar refractivity (Wildman–Crippen MR) is 46.5 cm³/mol. The van der Waals surface area contributed by atoms with E-state index in [1.54, 1.807) is 0 Å². The van der Waals surface area contributed by atoms with Crippen LogP contribution in [0, 0.1) is 0 Å². The second-order valence-electron chi connectivity index (χ2n) is 1.92. The lowest BCUT2D eigenvalue weighted by Crippen LogP contribution is -1.88. The lowest BCUT2D eigenvalue weighted by Gasteiger charge is -1.91. The van der Waals surface area contributed by atoms with Crippen molar-refractivity contribution in [3.63, 3.8) is 0 Å². The van der Waals surface area contributed by atoms with E-state index in [0.717, 1.165) is 0 Å². The summed E-state index contributed by atoms with van der Waals surface area (Å²) in [4.78, 5) is 10.9. The van der Waals surface area contributed by atoms with E-state index < -0.39 is 0 Å². The van der Waals surface area contributed by atoms with Crippen LogP contribution < -0.4 is 0 Å². The maximum Gasteiger partial charge on any atom is 0.184 e. The molecule has 0 atom stereocenters. The molecule has 3 heteroatoms. The Morgan fingerprint density at radius 2 is 1.50 bits per heavy atom. The molecule has 0 heterocycles. The van der Waals surface area contributed by atoms with Crippen molar-refractivity contribution < 1.29 is 14.3 Å². The second kappa shape index (κ2) is 7.85. The highest BCUT2D eigenvalue weighted by Crippen LogP contribution is 1.84. The first-order chi connectivity index (χ1) is 5.81. The van der Waals surface area contributed by atoms with Crippen LogP contribution in [-0.2, 0) is 14.3 Å². The summed E-state index contributed by atoms with van der Waals surface area (Å²) in [5, 5.41) is 0. The summed E-state index contributed by atoms with van der Waals surface area (Å²) in [6, 6.07) is 0. The van der Waals surface area contributed by atoms with E-state index in [-0.39, 0.29) is 5.78 Å². The fourth-order valence-corrected chi connectivity index (χ4v) is 0.478. The molecule has 0 aliphatic carbocycles. The van der Waals surface area contributed by atoms with Gasteiger partial charge in [0.25, 0.3) is 0 Å². The normalized spacial score (nSPS) is 10.8. The first kappa shape index (κ1) is 10.8. The smallest absolute Gasteiger partial charge is 0.184 e. The summed E-state index contributed by atoms with van der Waals surface area (Å²) >= 11 is 0. The Kier molecular flexibility index (Phi) is 7.03. The molecule has 68 valence electrons. The number of rotatable bonds is 6. The number of carbonyl (C=O) groups is 1. The van der Waals surface area contributed by atoms with Crippen molar-refractivity contribution in [2.75, 3.05) is 13.2 Å². The molecule has 0 bridgehead atoms. The van der Waals surface area contributed by atoms with Crippen LogP contribution in [0.1, 0.15) is 13.8 Å². The van der Waals surface area contributed by atoms with Gasteiger partial charge in [-0.2, -0.15) is 0 Å². The van der Waals surface area contributed by atoms with Crippen LogP contribution in [0.15, 0.2) is 24.7 Å². The molecular formula is C9H14O3. The molecule has 0 saturated heterocycles. The zero-order chi connectivity index (χ0) is 9.23. The van der Waals surface area contributed by atoms with E-state index in [4.69, 9.17) is 9.47 Å². The van der Waals surface area contributed by atoms with Crippen molar-refractivity contribution in [2.45, 2.75) is 13.8 Å². The molecule has 0 aromatic carbocycles. The van der Waals surface area contributed by atoms with Gasteiger partial charge in [-0.15, -0.1) is 0 Å². The van der Waals surface area contributed by atoms with E-state index in [1.165, 1.54) is 24.7 Å². The van der Waals surface area contributed by atoms with Gasteiger partial charge in [0.2, 0.25) is 0 Å². The van der Waals surface area contributed by atoms with Crippen molar-refractivity contribution in [1.29, 1.82) is 0 Å². The first-order valence-electron chi connectivity index (χ1n) is 3.91. The summed E-state index contributed by atoms with van der Waals surface area (Å²) in [5.41, 5.74) is 0. The number of ketones is 1. The minimum atomic E-state index is -0.142. The van der Waals surface area contributed by atoms with E-state index >= 15 is 0 Å². The number of carbonyl (C=O) groups excluding carboxylic acids is 1. The van der Waals surface area contributed by atoms with Crippen LogP contribution in [0.5, 0.6) is 0 Å². The number of allylic oxidation sites excluding steroid dienone is 2. The molecule has 0 amide bonds. The largest absolute Gasteiger partial charge is 0.501 e. The number of hydrogen-bond acceptors (Lipinski definition) is 3. The SMILES string of the molecule is CCO/C=C/C(=O)/C=C/OCC. The number of hydrogen-bond donors (Lipinski definition) is 0. The maximum atomic E-state index is 10.9. The Morgan fingerprint density at radius 1 is 1.08 bits per heavy atom. The van der Waals surface area contributed by atoms with Crippen LogP contribution in [0.2, 0.25) is 0 Å². The molecule has 0 aliphatic heterocycles. The third-order valence-corrected chi connectivity index (χ3v) is 0.990. The van der Waals surface area contributed by atoms with Crippen molar-refractivity contribution in [3.8, 4) is 0 Å². The van der Waals surface area contributed by atoms with Crippen LogP contribution in [0.25, 0.3) is 0 Å². The summed E-state index contributed by atoms with van der Waals surface area (Å²) in [7, 11) is 0. The summed E-state index contributed by atoms with van der Waals surface area (Å²) in [6.45, 7) is 4.84. The fourth-order valence-electron chi connectivity index (χ4n) is 0.478. The minimum absolute atomic E-state index is 0.142. The van der Waals surface area contributed by atoms with Crippen molar-refractivity contribution in [2.24, 2.45) is 0 Å². The molecule has 0 spiro atoms. The maximum absolute atomic E-state index is 10.9. The first-order valence-corrected chi connectivity index (χ1v) is 3.91. The molecule has 0 aliphatic rings. The van der Waals surface area contributed by atoms with Gasteiger partial charge in [-0.3, -0.25) is 4.79 Å². The van der Waals surface area contributed by atoms with Gasteiger partial charge in [0.1, 0.15) is 0 Å². The van der Waals surface area contributed by atoms with Crippen molar-refractivity contribution in [3.05, 3.63) is 24.7 Å². The highest BCUT2D eigenvalue weighted by molar-refractivity contribution is 5.98. The van der Waals surface area contributed by atoms with Crippen LogP contribution in [0.3, 0.4) is 0 Å².